The summed E-state index contributed by atoms with van der Waals surface area (Å²) in [5.41, 5.74) is 8.42. The number of ether oxygens (including phenoxy) is 1. The van der Waals surface area contributed by atoms with Gasteiger partial charge >= 0.3 is 12.1 Å². The molecule has 1 saturated heterocycles. The number of nitrogens with one attached hydrogen (secondary N) is 7. The fraction of sp³-hybridized carbons (Fsp3) is 0.462. The van der Waals surface area contributed by atoms with Crippen LogP contribution in [0.4, 0.5) is 18.9 Å². The average molecular weight is 1100 g/mol. The van der Waals surface area contributed by atoms with Crippen LogP contribution in [-0.4, -0.2) is 150 Å². The number of carbonyl (C=O) groups excluding carboxylic acids is 9. The van der Waals surface area contributed by atoms with Gasteiger partial charge in [0, 0.05) is 53.5 Å². The first-order valence-corrected chi connectivity index (χ1v) is 25.9. The van der Waals surface area contributed by atoms with Crippen LogP contribution in [0.3, 0.4) is 0 Å². The summed E-state index contributed by atoms with van der Waals surface area (Å²) in [6.45, 7) is 8.55. The molecular weight excluding hydrogens is 1030 g/mol. The number of likely N-dealkylation sites (tertiary alicyclic amines) is 1. The highest BCUT2D eigenvalue weighted by atomic mass is 32.2. The molecule has 3 aromatic rings. The van der Waals surface area contributed by atoms with E-state index < -0.39 is 90.4 Å². The molecule has 1 heterocycles. The first-order valence-electron chi connectivity index (χ1n) is 24.7. The van der Waals surface area contributed by atoms with Crippen LogP contribution in [0.2, 0.25) is 0 Å². The van der Waals surface area contributed by atoms with Gasteiger partial charge in [0.25, 0.3) is 0 Å². The lowest BCUT2D eigenvalue weighted by Crippen LogP contribution is -2.57. The third-order valence-electron chi connectivity index (χ3n) is 12.0. The van der Waals surface area contributed by atoms with Crippen LogP contribution >= 0.6 is 11.8 Å². The average Bonchev–Trinajstić information content (AvgIpc) is 3.89. The van der Waals surface area contributed by atoms with Crippen molar-refractivity contribution in [2.24, 2.45) is 11.7 Å². The van der Waals surface area contributed by atoms with Gasteiger partial charge in [0.05, 0.1) is 25.3 Å². The topological polar surface area (TPSA) is 314 Å². The van der Waals surface area contributed by atoms with Gasteiger partial charge in [0.15, 0.2) is 11.6 Å². The number of nitrogens with zero attached hydrogens (tertiary/aromatic N) is 1. The zero-order valence-corrected chi connectivity index (χ0v) is 44.3. The van der Waals surface area contributed by atoms with E-state index >= 15 is 0 Å². The number of halogens is 3. The number of alkyl halides is 3. The maximum Gasteiger partial charge on any atom is 0.490 e. The number of anilines is 1. The number of ketones is 2. The Bertz CT molecular complexity index is 2640. The van der Waals surface area contributed by atoms with Crippen molar-refractivity contribution in [3.05, 3.63) is 94.5 Å². The molecule has 418 valence electrons. The van der Waals surface area contributed by atoms with E-state index in [1.54, 1.807) is 61.7 Å². The summed E-state index contributed by atoms with van der Waals surface area (Å²) in [7, 11) is 1.56. The quantitative estimate of drug-likeness (QED) is 0.0455. The van der Waals surface area contributed by atoms with Gasteiger partial charge in [0.2, 0.25) is 41.4 Å². The molecule has 1 aliphatic heterocycles. The summed E-state index contributed by atoms with van der Waals surface area (Å²) < 4.78 is 37.0. The molecule has 0 aromatic heterocycles. The van der Waals surface area contributed by atoms with E-state index in [9.17, 15) is 56.3 Å². The van der Waals surface area contributed by atoms with Crippen molar-refractivity contribution in [3.63, 3.8) is 0 Å². The highest BCUT2D eigenvalue weighted by molar-refractivity contribution is 7.98. The third-order valence-corrected chi connectivity index (χ3v) is 13.1. The van der Waals surface area contributed by atoms with E-state index in [-0.39, 0.29) is 42.1 Å². The van der Waals surface area contributed by atoms with Crippen LogP contribution in [-0.2, 0) is 44.1 Å². The molecule has 25 heteroatoms. The third kappa shape index (κ3) is 18.3. The highest BCUT2D eigenvalue weighted by Crippen LogP contribution is 2.32. The number of carbonyl (C=O) groups is 10. The SMILES string of the molecule is COc1ccc(CSC[C@H](NC(=O)[C@H](C)NC(=O)[C@H](C)NC(=O)[C@H](C)N)C(=O)NCC(=O)N[C@@H](CC(C)C)C(=O)N2CCC[C@H]2C(=O)NCCCNc2cccc3c2C(=O)c2ccccc2C3=O)cc1.O=C(O)C(F)(F)F. The molecule has 0 unspecified atom stereocenters. The molecule has 0 bridgehead atoms. The molecule has 0 radical (unpaired) electrons. The van der Waals surface area contributed by atoms with Crippen molar-refractivity contribution in [1.82, 2.24) is 36.8 Å². The molecule has 1 fully saturated rings. The Morgan fingerprint density at radius 2 is 1.35 bits per heavy atom. The minimum atomic E-state index is -5.08. The lowest BCUT2D eigenvalue weighted by Gasteiger charge is -2.29. The summed E-state index contributed by atoms with van der Waals surface area (Å²) in [5, 5.41) is 26.3. The van der Waals surface area contributed by atoms with Gasteiger partial charge < -0.3 is 57.7 Å². The fourth-order valence-corrected chi connectivity index (χ4v) is 8.99. The summed E-state index contributed by atoms with van der Waals surface area (Å²) in [6.07, 6.45) is -3.34. The van der Waals surface area contributed by atoms with Crippen molar-refractivity contribution >= 4 is 76.3 Å². The molecule has 6 atom stereocenters. The fourth-order valence-electron chi connectivity index (χ4n) is 7.98. The van der Waals surface area contributed by atoms with Crippen molar-refractivity contribution < 1.29 is 71.0 Å². The van der Waals surface area contributed by atoms with Gasteiger partial charge in [-0.25, -0.2) is 4.79 Å². The first-order chi connectivity index (χ1) is 36.3. The van der Waals surface area contributed by atoms with E-state index in [2.05, 4.69) is 37.2 Å². The summed E-state index contributed by atoms with van der Waals surface area (Å²) in [4.78, 5) is 130. The summed E-state index contributed by atoms with van der Waals surface area (Å²) >= 11 is 1.35. The minimum absolute atomic E-state index is 0.0297. The molecule has 77 heavy (non-hydrogen) atoms. The number of rotatable bonds is 24. The highest BCUT2D eigenvalue weighted by Gasteiger charge is 2.39. The molecule has 2 aliphatic rings. The summed E-state index contributed by atoms with van der Waals surface area (Å²) in [6, 6.07) is 13.3. The molecule has 10 N–H and O–H groups in total. The minimum Gasteiger partial charge on any atom is -0.497 e. The second-order valence-corrected chi connectivity index (χ2v) is 19.7. The van der Waals surface area contributed by atoms with E-state index in [0.29, 0.717) is 71.8 Å². The second-order valence-electron chi connectivity index (χ2n) is 18.6. The van der Waals surface area contributed by atoms with Gasteiger partial charge in [-0.05, 0) is 76.1 Å². The number of hydrogen-bond acceptors (Lipinski definition) is 14. The van der Waals surface area contributed by atoms with Crippen LogP contribution in [0.1, 0.15) is 97.7 Å². The Balaban J connectivity index is 0.00000171. The predicted molar refractivity (Wildman–Crippen MR) is 279 cm³/mol. The van der Waals surface area contributed by atoms with Gasteiger partial charge in [-0.1, -0.05) is 62.4 Å². The molecule has 1 aliphatic carbocycles. The van der Waals surface area contributed by atoms with Crippen molar-refractivity contribution in [3.8, 4) is 5.75 Å². The molecule has 0 spiro atoms. The molecule has 3 aromatic carbocycles. The number of nitrogens with two attached hydrogens (primary N) is 1. The normalized spacial score (nSPS) is 15.6. The molecular formula is C52H66F3N9O12S. The van der Waals surface area contributed by atoms with E-state index in [0.717, 1.165) is 5.56 Å². The largest absolute Gasteiger partial charge is 0.497 e. The zero-order chi connectivity index (χ0) is 57.1. The lowest BCUT2D eigenvalue weighted by atomic mass is 9.83. The Hall–Kier alpha value is -7.54. The Labute approximate surface area is 447 Å². The number of benzene rings is 3. The van der Waals surface area contributed by atoms with Gasteiger partial charge in [-0.15, -0.1) is 0 Å². The van der Waals surface area contributed by atoms with E-state index in [4.69, 9.17) is 20.4 Å². The smallest absolute Gasteiger partial charge is 0.490 e. The first kappa shape index (κ1) is 62.0. The lowest BCUT2D eigenvalue weighted by molar-refractivity contribution is -0.192. The van der Waals surface area contributed by atoms with Crippen LogP contribution in [0.15, 0.2) is 66.7 Å². The van der Waals surface area contributed by atoms with Crippen LogP contribution in [0, 0.1) is 5.92 Å². The number of fused-ring (bicyclic) bond motifs is 2. The van der Waals surface area contributed by atoms with Gasteiger partial charge in [0.1, 0.15) is 36.0 Å². The number of carboxylic acids is 1. The van der Waals surface area contributed by atoms with Crippen LogP contribution in [0.25, 0.3) is 0 Å². The van der Waals surface area contributed by atoms with Crippen LogP contribution in [0.5, 0.6) is 5.75 Å². The number of methoxy groups -OCH3 is 1. The molecule has 0 saturated carbocycles. The maximum absolute atomic E-state index is 14.1. The molecule has 7 amide bonds. The Morgan fingerprint density at radius 3 is 1.95 bits per heavy atom. The number of carboxylic acid groups (broad SMARTS) is 1. The van der Waals surface area contributed by atoms with Gasteiger partial charge in [-0.3, -0.25) is 43.2 Å². The van der Waals surface area contributed by atoms with Crippen molar-refractivity contribution in [2.45, 2.75) is 108 Å². The van der Waals surface area contributed by atoms with Crippen molar-refractivity contribution in [1.29, 1.82) is 0 Å². The Morgan fingerprint density at radius 1 is 0.753 bits per heavy atom. The monoisotopic (exact) mass is 1100 g/mol. The number of hydrogen-bond donors (Lipinski definition) is 9. The zero-order valence-electron chi connectivity index (χ0n) is 43.5. The maximum atomic E-state index is 14.1. The number of amides is 7. The van der Waals surface area contributed by atoms with E-state index in [1.165, 1.54) is 37.4 Å². The summed E-state index contributed by atoms with van der Waals surface area (Å²) in [5.74, 6) is -5.99. The standard InChI is InChI=1S/C50H65N9O10S.C2HF3O2/c1-28(2)24-38(50(68)59-23-10-16-40(59)49(67)53-22-11-21-52-37-15-9-14-36-42(37)44(62)35-13-8-7-12-34(35)43(36)61)57-41(60)25-54-48(66)39(27-70-26-32-17-19-33(69-6)20-18-32)58-47(65)31(5)56-46(64)30(4)55-45(63)29(3)51;3-2(4,5)1(6)7/h7-9,12-15,17-20,28-31,38-40,52H,10-11,16,21-27,51H2,1-6H3,(H,53,67)(H,54,66)(H,55,63)(H,56,64)(H,57,60)(H,58,65);(H,6,7)/t29-,30-,31-,38-,39-,40-;/m0./s1. The van der Waals surface area contributed by atoms with Crippen molar-refractivity contribution in [2.75, 3.05) is 44.4 Å². The second kappa shape index (κ2) is 29.1. The van der Waals surface area contributed by atoms with Crippen LogP contribution < -0.4 is 47.7 Å². The predicted octanol–water partition coefficient (Wildman–Crippen LogP) is 2.44. The Kier molecular flexibility index (Phi) is 23.4. The van der Waals surface area contributed by atoms with Gasteiger partial charge in [-0.2, -0.15) is 24.9 Å². The molecule has 5 rings (SSSR count). The number of thioether (sulfide) groups is 1. The molecule has 21 nitrogen and oxygen atoms in total. The van der Waals surface area contributed by atoms with E-state index in [1.807, 2.05) is 26.0 Å². The number of aliphatic carboxylic acids is 1.